The summed E-state index contributed by atoms with van der Waals surface area (Å²) in [7, 11) is 0. The summed E-state index contributed by atoms with van der Waals surface area (Å²) < 4.78 is 5.82. The lowest BCUT2D eigenvalue weighted by atomic mass is 9.98. The summed E-state index contributed by atoms with van der Waals surface area (Å²) in [5, 5.41) is 21.3. The van der Waals surface area contributed by atoms with E-state index >= 15 is 0 Å². The fourth-order valence-corrected chi connectivity index (χ4v) is 3.48. The molecule has 2 aromatic rings. The van der Waals surface area contributed by atoms with Crippen molar-refractivity contribution in [3.63, 3.8) is 0 Å². The zero-order chi connectivity index (χ0) is 16.2. The number of rotatable bonds is 6. The first-order valence-corrected chi connectivity index (χ1v) is 8.44. The van der Waals surface area contributed by atoms with Crippen molar-refractivity contribution in [2.75, 3.05) is 19.7 Å². The van der Waals surface area contributed by atoms with Gasteiger partial charge in [0.05, 0.1) is 6.10 Å². The van der Waals surface area contributed by atoms with E-state index in [1.165, 1.54) is 0 Å². The van der Waals surface area contributed by atoms with E-state index in [2.05, 4.69) is 9.88 Å². The van der Waals surface area contributed by atoms with Crippen LogP contribution in [0.25, 0.3) is 10.9 Å². The number of aromatic nitrogens is 1. The molecule has 1 aromatic heterocycles. The second kappa shape index (κ2) is 7.34. The van der Waals surface area contributed by atoms with Gasteiger partial charge >= 0.3 is 0 Å². The third-order valence-corrected chi connectivity index (χ3v) is 4.65. The number of hydrogen-bond donors (Lipinski definition) is 3. The average Bonchev–Trinajstić information content (AvgIpc) is 3.02. The molecule has 1 fully saturated rings. The zero-order valence-corrected chi connectivity index (χ0v) is 13.6. The smallest absolute Gasteiger partial charge is 0.128 e. The van der Waals surface area contributed by atoms with Crippen LogP contribution >= 0.6 is 0 Å². The van der Waals surface area contributed by atoms with Gasteiger partial charge in [0.2, 0.25) is 0 Å². The summed E-state index contributed by atoms with van der Waals surface area (Å²) in [6.07, 6.45) is 4.22. The minimum atomic E-state index is -0.566. The van der Waals surface area contributed by atoms with Crippen molar-refractivity contribution in [1.29, 1.82) is 0 Å². The van der Waals surface area contributed by atoms with E-state index in [0.29, 0.717) is 6.54 Å². The molecule has 3 atom stereocenters. The van der Waals surface area contributed by atoms with Crippen LogP contribution in [0, 0.1) is 0 Å². The average molecular weight is 318 g/mol. The van der Waals surface area contributed by atoms with Gasteiger partial charge < -0.3 is 19.9 Å². The fraction of sp³-hybridized carbons (Fsp3) is 0.556. The Balaban J connectivity index is 1.57. The lowest BCUT2D eigenvalue weighted by molar-refractivity contribution is -0.00263. The van der Waals surface area contributed by atoms with Crippen molar-refractivity contribution in [1.82, 2.24) is 9.88 Å². The van der Waals surface area contributed by atoms with E-state index in [1.807, 2.05) is 37.4 Å². The molecule has 3 rings (SSSR count). The third-order valence-electron chi connectivity index (χ3n) is 4.65. The molecule has 5 nitrogen and oxygen atoms in total. The van der Waals surface area contributed by atoms with Gasteiger partial charge in [-0.3, -0.25) is 4.90 Å². The van der Waals surface area contributed by atoms with E-state index in [1.54, 1.807) is 0 Å². The highest BCUT2D eigenvalue weighted by Gasteiger charge is 2.27. The van der Waals surface area contributed by atoms with Crippen molar-refractivity contribution in [2.24, 2.45) is 0 Å². The lowest BCUT2D eigenvalue weighted by Crippen LogP contribution is -2.49. The number of nitrogens with one attached hydrogen (secondary N) is 1. The molecule has 3 N–H and O–H groups in total. The number of piperidine rings is 1. The largest absolute Gasteiger partial charge is 0.490 e. The van der Waals surface area contributed by atoms with Gasteiger partial charge in [-0.05, 0) is 44.5 Å². The number of likely N-dealkylation sites (tertiary alicyclic amines) is 1. The molecule has 5 heteroatoms. The molecule has 0 radical (unpaired) electrons. The summed E-state index contributed by atoms with van der Waals surface area (Å²) in [6.45, 7) is 3.56. The Hall–Kier alpha value is -1.56. The molecule has 1 aliphatic heterocycles. The van der Waals surface area contributed by atoms with Crippen molar-refractivity contribution >= 4 is 10.9 Å². The summed E-state index contributed by atoms with van der Waals surface area (Å²) in [4.78, 5) is 5.35. The van der Waals surface area contributed by atoms with Gasteiger partial charge in [0, 0.05) is 29.7 Å². The topological polar surface area (TPSA) is 68.7 Å². The third kappa shape index (κ3) is 3.86. The Kier molecular flexibility index (Phi) is 5.20. The first kappa shape index (κ1) is 16.3. The molecular weight excluding hydrogens is 292 g/mol. The maximum Gasteiger partial charge on any atom is 0.128 e. The van der Waals surface area contributed by atoms with Crippen LogP contribution in [0.5, 0.6) is 5.75 Å². The van der Waals surface area contributed by atoms with Crippen LogP contribution in [0.4, 0.5) is 0 Å². The molecule has 1 aromatic carbocycles. The molecule has 3 unspecified atom stereocenters. The van der Waals surface area contributed by atoms with Crippen molar-refractivity contribution in [2.45, 2.75) is 44.4 Å². The van der Waals surface area contributed by atoms with Gasteiger partial charge in [-0.25, -0.2) is 0 Å². The SMILES string of the molecule is CC(O)C1CCCCN1CC(O)COc1cccc2[nH]ccc12. The number of H-pyrrole nitrogens is 1. The highest BCUT2D eigenvalue weighted by Crippen LogP contribution is 2.25. The number of hydrogen-bond acceptors (Lipinski definition) is 4. The maximum absolute atomic E-state index is 10.3. The first-order chi connectivity index (χ1) is 11.1. The van der Waals surface area contributed by atoms with Crippen molar-refractivity contribution in [3.05, 3.63) is 30.5 Å². The maximum atomic E-state index is 10.3. The molecule has 126 valence electrons. The Morgan fingerprint density at radius 3 is 3.00 bits per heavy atom. The summed E-state index contributed by atoms with van der Waals surface area (Å²) in [5.74, 6) is 0.786. The van der Waals surface area contributed by atoms with Crippen molar-refractivity contribution < 1.29 is 14.9 Å². The summed E-state index contributed by atoms with van der Waals surface area (Å²) in [5.41, 5.74) is 1.03. The molecule has 2 heterocycles. The van der Waals surface area contributed by atoms with Crippen LogP contribution in [-0.4, -0.2) is 58.0 Å². The number of β-amino-alcohol motifs (C(OH)–C–C–N with tert-alkyl or cyclic N) is 1. The second-order valence-corrected chi connectivity index (χ2v) is 6.46. The number of aliphatic hydroxyl groups excluding tert-OH is 2. The molecule has 23 heavy (non-hydrogen) atoms. The predicted molar refractivity (Wildman–Crippen MR) is 90.7 cm³/mol. The number of aliphatic hydroxyl groups is 2. The minimum absolute atomic E-state index is 0.145. The Morgan fingerprint density at radius 2 is 2.17 bits per heavy atom. The lowest BCUT2D eigenvalue weighted by Gasteiger charge is -2.38. The Labute approximate surface area is 136 Å². The Morgan fingerprint density at radius 1 is 1.30 bits per heavy atom. The highest BCUT2D eigenvalue weighted by atomic mass is 16.5. The molecule has 1 aliphatic rings. The normalized spacial score (nSPS) is 22.1. The van der Waals surface area contributed by atoms with Gasteiger partial charge in [0.25, 0.3) is 0 Å². The van der Waals surface area contributed by atoms with Gasteiger partial charge in [-0.1, -0.05) is 12.5 Å². The highest BCUT2D eigenvalue weighted by molar-refractivity contribution is 5.85. The second-order valence-electron chi connectivity index (χ2n) is 6.46. The number of nitrogens with zero attached hydrogens (tertiary/aromatic N) is 1. The van der Waals surface area contributed by atoms with Crippen LogP contribution < -0.4 is 4.74 Å². The number of ether oxygens (including phenoxy) is 1. The molecule has 0 amide bonds. The van der Waals surface area contributed by atoms with Crippen LogP contribution in [0.3, 0.4) is 0 Å². The van der Waals surface area contributed by atoms with Gasteiger partial charge in [0.15, 0.2) is 0 Å². The van der Waals surface area contributed by atoms with E-state index in [0.717, 1.165) is 42.5 Å². The first-order valence-electron chi connectivity index (χ1n) is 8.44. The minimum Gasteiger partial charge on any atom is -0.490 e. The van der Waals surface area contributed by atoms with Gasteiger partial charge in [-0.2, -0.15) is 0 Å². The molecule has 0 aliphatic carbocycles. The number of fused-ring (bicyclic) bond motifs is 1. The molecule has 0 bridgehead atoms. The number of aromatic amines is 1. The van der Waals surface area contributed by atoms with Crippen LogP contribution in [0.2, 0.25) is 0 Å². The van der Waals surface area contributed by atoms with Gasteiger partial charge in [0.1, 0.15) is 18.5 Å². The zero-order valence-electron chi connectivity index (χ0n) is 13.6. The van der Waals surface area contributed by atoms with Crippen LogP contribution in [0.1, 0.15) is 26.2 Å². The van der Waals surface area contributed by atoms with E-state index in [9.17, 15) is 10.2 Å². The van der Waals surface area contributed by atoms with E-state index < -0.39 is 6.10 Å². The van der Waals surface area contributed by atoms with Crippen LogP contribution in [-0.2, 0) is 0 Å². The van der Waals surface area contributed by atoms with E-state index in [4.69, 9.17) is 4.74 Å². The quantitative estimate of drug-likeness (QED) is 0.763. The molecule has 0 saturated carbocycles. The fourth-order valence-electron chi connectivity index (χ4n) is 3.48. The van der Waals surface area contributed by atoms with E-state index in [-0.39, 0.29) is 18.8 Å². The predicted octanol–water partition coefficient (Wildman–Crippen LogP) is 2.14. The Bertz CT molecular complexity index is 626. The standard InChI is InChI=1S/C18H26N2O3/c1-13(21)17-6-2-3-10-20(17)11-14(22)12-23-18-7-4-5-16-15(18)8-9-19-16/h4-5,7-9,13-14,17,19,21-22H,2-3,6,10-12H2,1H3. The number of benzene rings is 1. The molecule has 1 saturated heterocycles. The monoisotopic (exact) mass is 318 g/mol. The van der Waals surface area contributed by atoms with Crippen LogP contribution in [0.15, 0.2) is 30.5 Å². The summed E-state index contributed by atoms with van der Waals surface area (Å²) in [6, 6.07) is 7.98. The van der Waals surface area contributed by atoms with Crippen molar-refractivity contribution in [3.8, 4) is 5.75 Å². The summed E-state index contributed by atoms with van der Waals surface area (Å²) >= 11 is 0. The molecular formula is C18H26N2O3. The van der Waals surface area contributed by atoms with Gasteiger partial charge in [-0.15, -0.1) is 0 Å². The molecule has 0 spiro atoms.